The fraction of sp³-hybridized carbons (Fsp3) is 0.538. The van der Waals surface area contributed by atoms with E-state index in [1.165, 1.54) is 12.1 Å². The van der Waals surface area contributed by atoms with Gasteiger partial charge in [-0.15, -0.1) is 0 Å². The number of hydrogen-bond donors (Lipinski definition) is 2. The first-order valence-corrected chi connectivity index (χ1v) is 8.16. The molecule has 1 aromatic carbocycles. The molecule has 1 unspecified atom stereocenters. The van der Waals surface area contributed by atoms with Crippen LogP contribution < -0.4 is 10.5 Å². The molecule has 0 spiro atoms. The van der Waals surface area contributed by atoms with Crippen LogP contribution in [0.2, 0.25) is 0 Å². The number of likely N-dealkylation sites (N-methyl/N-ethyl adjacent to an activating group) is 2. The SMILES string of the molecule is CN1CCN(C)C(CNc2ccc(S(N)(=O)=O)cc2)C1. The number of benzene rings is 1. The number of hydrogen-bond acceptors (Lipinski definition) is 5. The number of piperazine rings is 1. The lowest BCUT2D eigenvalue weighted by molar-refractivity contribution is 0.122. The molecule has 0 aromatic heterocycles. The average molecular weight is 298 g/mol. The highest BCUT2D eigenvalue weighted by Gasteiger charge is 2.21. The van der Waals surface area contributed by atoms with E-state index in [1.54, 1.807) is 12.1 Å². The number of nitrogens with one attached hydrogen (secondary N) is 1. The Hall–Kier alpha value is -1.15. The molecule has 1 aromatic rings. The molecule has 1 saturated heterocycles. The van der Waals surface area contributed by atoms with Gasteiger partial charge in [-0.2, -0.15) is 0 Å². The summed E-state index contributed by atoms with van der Waals surface area (Å²) in [7, 11) is 0.641. The molecule has 20 heavy (non-hydrogen) atoms. The Morgan fingerprint density at radius 1 is 1.25 bits per heavy atom. The predicted molar refractivity (Wildman–Crippen MR) is 80.2 cm³/mol. The normalized spacial score (nSPS) is 21.9. The van der Waals surface area contributed by atoms with Gasteiger partial charge in [0.05, 0.1) is 4.90 Å². The zero-order chi connectivity index (χ0) is 14.8. The Labute approximate surface area is 120 Å². The van der Waals surface area contributed by atoms with Gasteiger partial charge >= 0.3 is 0 Å². The van der Waals surface area contributed by atoms with Crippen molar-refractivity contribution >= 4 is 15.7 Å². The van der Waals surface area contributed by atoms with E-state index < -0.39 is 10.0 Å². The zero-order valence-electron chi connectivity index (χ0n) is 11.9. The third kappa shape index (κ3) is 3.92. The maximum atomic E-state index is 11.2. The van der Waals surface area contributed by atoms with E-state index in [1.807, 2.05) is 0 Å². The molecule has 1 aliphatic heterocycles. The highest BCUT2D eigenvalue weighted by molar-refractivity contribution is 7.89. The van der Waals surface area contributed by atoms with E-state index in [4.69, 9.17) is 5.14 Å². The molecule has 0 radical (unpaired) electrons. The van der Waals surface area contributed by atoms with Crippen molar-refractivity contribution in [3.63, 3.8) is 0 Å². The number of anilines is 1. The summed E-state index contributed by atoms with van der Waals surface area (Å²) < 4.78 is 22.3. The molecule has 112 valence electrons. The van der Waals surface area contributed by atoms with Crippen LogP contribution in [-0.4, -0.2) is 64.5 Å². The van der Waals surface area contributed by atoms with Gasteiger partial charge in [0.15, 0.2) is 0 Å². The number of primary sulfonamides is 1. The highest BCUT2D eigenvalue weighted by Crippen LogP contribution is 2.14. The first-order valence-electron chi connectivity index (χ1n) is 6.62. The summed E-state index contributed by atoms with van der Waals surface area (Å²) in [6.45, 7) is 4.01. The highest BCUT2D eigenvalue weighted by atomic mass is 32.2. The minimum absolute atomic E-state index is 0.137. The van der Waals surface area contributed by atoms with Crippen LogP contribution in [0.1, 0.15) is 0 Å². The van der Waals surface area contributed by atoms with Gasteiger partial charge < -0.3 is 10.2 Å². The van der Waals surface area contributed by atoms with Crippen LogP contribution in [-0.2, 0) is 10.0 Å². The molecule has 0 aliphatic carbocycles. The van der Waals surface area contributed by atoms with Crippen molar-refractivity contribution in [3.05, 3.63) is 24.3 Å². The monoisotopic (exact) mass is 298 g/mol. The second-order valence-electron chi connectivity index (χ2n) is 5.35. The topological polar surface area (TPSA) is 78.7 Å². The Balaban J connectivity index is 1.94. The van der Waals surface area contributed by atoms with Crippen molar-refractivity contribution in [1.82, 2.24) is 9.80 Å². The molecular weight excluding hydrogens is 276 g/mol. The Kier molecular flexibility index (Phi) is 4.64. The van der Waals surface area contributed by atoms with E-state index in [2.05, 4.69) is 29.2 Å². The molecule has 1 heterocycles. The fourth-order valence-electron chi connectivity index (χ4n) is 2.32. The van der Waals surface area contributed by atoms with Crippen LogP contribution >= 0.6 is 0 Å². The quantitative estimate of drug-likeness (QED) is 0.817. The summed E-state index contributed by atoms with van der Waals surface area (Å²) in [4.78, 5) is 4.79. The molecule has 1 atom stereocenters. The van der Waals surface area contributed by atoms with E-state index in [-0.39, 0.29) is 4.90 Å². The zero-order valence-corrected chi connectivity index (χ0v) is 12.7. The van der Waals surface area contributed by atoms with E-state index >= 15 is 0 Å². The van der Waals surface area contributed by atoms with Gasteiger partial charge in [-0.25, -0.2) is 13.6 Å². The maximum Gasteiger partial charge on any atom is 0.238 e. The summed E-state index contributed by atoms with van der Waals surface area (Å²) in [5.41, 5.74) is 0.902. The Bertz CT molecular complexity index is 544. The van der Waals surface area contributed by atoms with Crippen LogP contribution in [0, 0.1) is 0 Å². The maximum absolute atomic E-state index is 11.2. The molecule has 1 fully saturated rings. The Morgan fingerprint density at radius 3 is 2.50 bits per heavy atom. The minimum Gasteiger partial charge on any atom is -0.383 e. The first kappa shape index (κ1) is 15.2. The van der Waals surface area contributed by atoms with Crippen LogP contribution in [0.25, 0.3) is 0 Å². The smallest absolute Gasteiger partial charge is 0.238 e. The fourth-order valence-corrected chi connectivity index (χ4v) is 2.84. The van der Waals surface area contributed by atoms with Crippen molar-refractivity contribution in [2.75, 3.05) is 45.6 Å². The molecule has 0 amide bonds. The second-order valence-corrected chi connectivity index (χ2v) is 6.91. The summed E-state index contributed by atoms with van der Waals surface area (Å²) in [6.07, 6.45) is 0. The molecule has 1 aliphatic rings. The number of rotatable bonds is 4. The van der Waals surface area contributed by atoms with Crippen LogP contribution in [0.4, 0.5) is 5.69 Å². The van der Waals surface area contributed by atoms with Crippen molar-refractivity contribution < 1.29 is 8.42 Å². The third-order valence-electron chi connectivity index (χ3n) is 3.70. The van der Waals surface area contributed by atoms with E-state index in [9.17, 15) is 8.42 Å². The van der Waals surface area contributed by atoms with Crippen molar-refractivity contribution in [2.24, 2.45) is 5.14 Å². The predicted octanol–water partition coefficient (Wildman–Crippen LogP) is -0.00830. The average Bonchev–Trinajstić information content (AvgIpc) is 2.39. The summed E-state index contributed by atoms with van der Waals surface area (Å²) in [5, 5.41) is 8.41. The minimum atomic E-state index is -3.61. The number of nitrogens with two attached hydrogens (primary N) is 1. The molecular formula is C13H22N4O2S. The second kappa shape index (κ2) is 6.09. The third-order valence-corrected chi connectivity index (χ3v) is 4.63. The van der Waals surface area contributed by atoms with Crippen molar-refractivity contribution in [1.29, 1.82) is 0 Å². The number of nitrogens with zero attached hydrogens (tertiary/aromatic N) is 2. The van der Waals surface area contributed by atoms with Gasteiger partial charge in [0.25, 0.3) is 0 Å². The molecule has 2 rings (SSSR count). The van der Waals surface area contributed by atoms with Crippen molar-refractivity contribution in [2.45, 2.75) is 10.9 Å². The van der Waals surface area contributed by atoms with Crippen molar-refractivity contribution in [3.8, 4) is 0 Å². The van der Waals surface area contributed by atoms with Gasteiger partial charge in [0.2, 0.25) is 10.0 Å². The lowest BCUT2D eigenvalue weighted by atomic mass is 10.2. The lowest BCUT2D eigenvalue weighted by Gasteiger charge is -2.37. The van der Waals surface area contributed by atoms with Gasteiger partial charge in [-0.05, 0) is 38.4 Å². The van der Waals surface area contributed by atoms with Crippen LogP contribution in [0.15, 0.2) is 29.2 Å². The summed E-state index contributed by atoms with van der Waals surface area (Å²) in [6, 6.07) is 6.98. The van der Waals surface area contributed by atoms with Gasteiger partial charge in [0, 0.05) is 37.9 Å². The number of sulfonamides is 1. The van der Waals surface area contributed by atoms with E-state index in [0.717, 1.165) is 31.9 Å². The summed E-state index contributed by atoms with van der Waals surface area (Å²) in [5.74, 6) is 0. The molecule has 6 nitrogen and oxygen atoms in total. The Morgan fingerprint density at radius 2 is 1.90 bits per heavy atom. The van der Waals surface area contributed by atoms with E-state index in [0.29, 0.717) is 6.04 Å². The van der Waals surface area contributed by atoms with Gasteiger partial charge in [-0.3, -0.25) is 4.90 Å². The van der Waals surface area contributed by atoms with Gasteiger partial charge in [0.1, 0.15) is 0 Å². The molecule has 0 bridgehead atoms. The largest absolute Gasteiger partial charge is 0.383 e. The molecule has 3 N–H and O–H groups in total. The summed E-state index contributed by atoms with van der Waals surface area (Å²) >= 11 is 0. The van der Waals surface area contributed by atoms with Crippen LogP contribution in [0.3, 0.4) is 0 Å². The van der Waals surface area contributed by atoms with Gasteiger partial charge in [-0.1, -0.05) is 0 Å². The molecule has 0 saturated carbocycles. The standard InChI is InChI=1S/C13H22N4O2S/c1-16-7-8-17(2)12(10-16)9-15-11-3-5-13(6-4-11)20(14,18)19/h3-6,12,15H,7-10H2,1-2H3,(H2,14,18,19). The first-order chi connectivity index (χ1) is 9.36. The molecule has 7 heteroatoms. The lowest BCUT2D eigenvalue weighted by Crippen LogP contribution is -2.52. The van der Waals surface area contributed by atoms with Crippen LogP contribution in [0.5, 0.6) is 0 Å².